The first-order chi connectivity index (χ1) is 13.7. The summed E-state index contributed by atoms with van der Waals surface area (Å²) in [5.41, 5.74) is 2.81. The zero-order valence-electron chi connectivity index (χ0n) is 15.8. The summed E-state index contributed by atoms with van der Waals surface area (Å²) >= 11 is 0. The summed E-state index contributed by atoms with van der Waals surface area (Å²) in [6.45, 7) is 0.475. The third kappa shape index (κ3) is 4.96. The highest BCUT2D eigenvalue weighted by Gasteiger charge is 2.32. The maximum Gasteiger partial charge on any atom is 0.236 e. The minimum atomic E-state index is -0.792. The number of nitrogens with one attached hydrogen (secondary N) is 1. The molecule has 2 atom stereocenters. The molecule has 0 bridgehead atoms. The lowest BCUT2D eigenvalue weighted by molar-refractivity contribution is -0.527. The largest absolute Gasteiger partial charge is 0.496 e. The number of rotatable bonds is 9. The van der Waals surface area contributed by atoms with Crippen LogP contribution >= 0.6 is 0 Å². The average molecular weight is 376 g/mol. The summed E-state index contributed by atoms with van der Waals surface area (Å²) in [5.74, 6) is 0.766. The second kappa shape index (κ2) is 9.67. The van der Waals surface area contributed by atoms with E-state index in [9.17, 15) is 10.1 Å². The zero-order chi connectivity index (χ0) is 19.8. The van der Waals surface area contributed by atoms with Crippen LogP contribution in [-0.4, -0.2) is 18.1 Å². The Morgan fingerprint density at radius 2 is 1.54 bits per heavy atom. The van der Waals surface area contributed by atoms with Gasteiger partial charge in [0.2, 0.25) is 6.04 Å². The fourth-order valence-corrected chi connectivity index (χ4v) is 3.38. The maximum atomic E-state index is 12.0. The van der Waals surface area contributed by atoms with Gasteiger partial charge >= 0.3 is 0 Å². The van der Waals surface area contributed by atoms with Crippen molar-refractivity contribution in [3.63, 3.8) is 0 Å². The molecule has 3 rings (SSSR count). The first-order valence-corrected chi connectivity index (χ1v) is 9.26. The summed E-state index contributed by atoms with van der Waals surface area (Å²) in [4.78, 5) is 11.8. The summed E-state index contributed by atoms with van der Waals surface area (Å²) < 4.78 is 5.41. The van der Waals surface area contributed by atoms with Crippen LogP contribution in [0, 0.1) is 10.1 Å². The van der Waals surface area contributed by atoms with E-state index in [-0.39, 0.29) is 4.92 Å². The predicted molar refractivity (Wildman–Crippen MR) is 110 cm³/mol. The van der Waals surface area contributed by atoms with Crippen LogP contribution in [0.15, 0.2) is 84.9 Å². The van der Waals surface area contributed by atoms with E-state index < -0.39 is 12.1 Å². The second-order valence-electron chi connectivity index (χ2n) is 6.62. The number of benzene rings is 3. The smallest absolute Gasteiger partial charge is 0.236 e. The number of ether oxygens (including phenoxy) is 1. The quantitative estimate of drug-likeness (QED) is 0.444. The molecule has 0 aliphatic rings. The van der Waals surface area contributed by atoms with Gasteiger partial charge in [-0.2, -0.15) is 0 Å². The summed E-state index contributed by atoms with van der Waals surface area (Å²) in [6, 6.07) is 25.7. The van der Waals surface area contributed by atoms with E-state index in [0.717, 1.165) is 22.4 Å². The standard InChI is InChI=1S/C23H24N2O3/c1-28-22-15-9-8-14-20(22)17-24-23(19-12-6-3-7-13-19)21(25(26)27)16-18-10-4-2-5-11-18/h2-15,21,23-24H,16-17H2,1H3/t21-,23+/m1/s1. The molecule has 0 unspecified atom stereocenters. The summed E-state index contributed by atoms with van der Waals surface area (Å²) in [7, 11) is 1.63. The highest BCUT2D eigenvalue weighted by Crippen LogP contribution is 2.24. The molecular formula is C23H24N2O3. The maximum absolute atomic E-state index is 12.0. The first-order valence-electron chi connectivity index (χ1n) is 9.26. The third-order valence-corrected chi connectivity index (χ3v) is 4.81. The van der Waals surface area contributed by atoms with Crippen LogP contribution in [0.25, 0.3) is 0 Å². The Bertz CT molecular complexity index is 885. The fraction of sp³-hybridized carbons (Fsp3) is 0.217. The molecule has 0 aliphatic heterocycles. The lowest BCUT2D eigenvalue weighted by atomic mass is 9.94. The molecule has 0 aliphatic carbocycles. The zero-order valence-corrected chi connectivity index (χ0v) is 15.8. The van der Waals surface area contributed by atoms with Gasteiger partial charge in [-0.15, -0.1) is 0 Å². The average Bonchev–Trinajstić information content (AvgIpc) is 2.74. The van der Waals surface area contributed by atoms with Crippen molar-refractivity contribution in [3.05, 3.63) is 112 Å². The Kier molecular flexibility index (Phi) is 6.76. The van der Waals surface area contributed by atoms with Crippen molar-refractivity contribution >= 4 is 0 Å². The molecule has 144 valence electrons. The van der Waals surface area contributed by atoms with E-state index in [1.165, 1.54) is 0 Å². The topological polar surface area (TPSA) is 64.4 Å². The molecule has 0 saturated heterocycles. The van der Waals surface area contributed by atoms with Crippen LogP contribution in [0.2, 0.25) is 0 Å². The molecule has 0 amide bonds. The van der Waals surface area contributed by atoms with E-state index in [4.69, 9.17) is 4.74 Å². The fourth-order valence-electron chi connectivity index (χ4n) is 3.38. The van der Waals surface area contributed by atoms with Crippen molar-refractivity contribution in [2.45, 2.75) is 25.0 Å². The third-order valence-electron chi connectivity index (χ3n) is 4.81. The van der Waals surface area contributed by atoms with E-state index in [1.54, 1.807) is 7.11 Å². The normalized spacial score (nSPS) is 12.9. The molecule has 3 aromatic carbocycles. The molecule has 28 heavy (non-hydrogen) atoms. The molecule has 0 saturated carbocycles. The van der Waals surface area contributed by atoms with Gasteiger partial charge < -0.3 is 4.74 Å². The molecule has 0 radical (unpaired) electrons. The van der Waals surface area contributed by atoms with Crippen LogP contribution in [0.4, 0.5) is 0 Å². The van der Waals surface area contributed by atoms with Gasteiger partial charge in [0.15, 0.2) is 0 Å². The van der Waals surface area contributed by atoms with Crippen molar-refractivity contribution < 1.29 is 9.66 Å². The number of para-hydroxylation sites is 1. The number of methoxy groups -OCH3 is 1. The Balaban J connectivity index is 1.88. The van der Waals surface area contributed by atoms with E-state index in [0.29, 0.717) is 13.0 Å². The van der Waals surface area contributed by atoms with Gasteiger partial charge in [-0.25, -0.2) is 0 Å². The molecule has 3 aromatic rings. The molecule has 0 aromatic heterocycles. The van der Waals surface area contributed by atoms with Crippen molar-refractivity contribution in [1.82, 2.24) is 5.32 Å². The molecule has 0 heterocycles. The number of hydrogen-bond acceptors (Lipinski definition) is 4. The second-order valence-corrected chi connectivity index (χ2v) is 6.62. The molecular weight excluding hydrogens is 352 g/mol. The Morgan fingerprint density at radius 1 is 0.929 bits per heavy atom. The van der Waals surface area contributed by atoms with E-state index in [2.05, 4.69) is 5.32 Å². The van der Waals surface area contributed by atoms with Crippen molar-refractivity contribution in [2.75, 3.05) is 7.11 Å². The van der Waals surface area contributed by atoms with Gasteiger partial charge in [-0.05, 0) is 17.2 Å². The van der Waals surface area contributed by atoms with Crippen molar-refractivity contribution in [2.24, 2.45) is 0 Å². The monoisotopic (exact) mass is 376 g/mol. The minimum absolute atomic E-state index is 0.181. The summed E-state index contributed by atoms with van der Waals surface area (Å²) in [5, 5.41) is 15.4. The van der Waals surface area contributed by atoms with Crippen molar-refractivity contribution in [1.29, 1.82) is 0 Å². The van der Waals surface area contributed by atoms with E-state index >= 15 is 0 Å². The molecule has 5 nitrogen and oxygen atoms in total. The molecule has 5 heteroatoms. The Hall–Kier alpha value is -3.18. The minimum Gasteiger partial charge on any atom is -0.496 e. The van der Waals surface area contributed by atoms with Gasteiger partial charge in [0.1, 0.15) is 11.8 Å². The van der Waals surface area contributed by atoms with Crippen LogP contribution in [0.5, 0.6) is 5.75 Å². The molecule has 0 fully saturated rings. The first kappa shape index (κ1) is 19.6. The Morgan fingerprint density at radius 3 is 2.18 bits per heavy atom. The SMILES string of the molecule is COc1ccccc1CN[C@@H](c1ccccc1)[C@@H](Cc1ccccc1)[N+](=O)[O-]. The number of nitrogens with zero attached hydrogens (tertiary/aromatic N) is 1. The highest BCUT2D eigenvalue weighted by molar-refractivity contribution is 5.33. The predicted octanol–water partition coefficient (Wildman–Crippen LogP) is 4.41. The van der Waals surface area contributed by atoms with Crippen LogP contribution < -0.4 is 10.1 Å². The van der Waals surface area contributed by atoms with Gasteiger partial charge in [0.05, 0.1) is 7.11 Å². The van der Waals surface area contributed by atoms with Gasteiger partial charge in [0, 0.05) is 23.5 Å². The van der Waals surface area contributed by atoms with Crippen molar-refractivity contribution in [3.8, 4) is 5.75 Å². The van der Waals surface area contributed by atoms with Gasteiger partial charge in [0.25, 0.3) is 0 Å². The summed E-state index contributed by atoms with van der Waals surface area (Å²) in [6.07, 6.45) is 0.353. The van der Waals surface area contributed by atoms with E-state index in [1.807, 2.05) is 84.9 Å². The van der Waals surface area contributed by atoms with Gasteiger partial charge in [-0.3, -0.25) is 15.4 Å². The molecule has 0 spiro atoms. The van der Waals surface area contributed by atoms with Crippen LogP contribution in [0.1, 0.15) is 22.7 Å². The lowest BCUT2D eigenvalue weighted by Gasteiger charge is -2.23. The van der Waals surface area contributed by atoms with Crippen LogP contribution in [0.3, 0.4) is 0 Å². The van der Waals surface area contributed by atoms with Crippen LogP contribution in [-0.2, 0) is 13.0 Å². The number of nitro groups is 1. The lowest BCUT2D eigenvalue weighted by Crippen LogP contribution is -2.38. The highest BCUT2D eigenvalue weighted by atomic mass is 16.6. The van der Waals surface area contributed by atoms with Gasteiger partial charge in [-0.1, -0.05) is 78.9 Å². The molecule has 1 N–H and O–H groups in total. The number of hydrogen-bond donors (Lipinski definition) is 1. The Labute approximate surface area is 165 Å².